The van der Waals surface area contributed by atoms with Gasteiger partial charge in [-0.05, 0) is 12.1 Å². The maximum atomic E-state index is 11.3. The van der Waals surface area contributed by atoms with E-state index in [-0.39, 0.29) is 15.6 Å². The van der Waals surface area contributed by atoms with Crippen molar-refractivity contribution >= 4 is 40.2 Å². The topological polar surface area (TPSA) is 83.0 Å². The van der Waals surface area contributed by atoms with Gasteiger partial charge < -0.3 is 10.1 Å². The Morgan fingerprint density at radius 3 is 2.56 bits per heavy atom. The molecule has 0 bridgehead atoms. The van der Waals surface area contributed by atoms with Gasteiger partial charge in [-0.1, -0.05) is 23.2 Å². The largest absolute Gasteiger partial charge is 0.476 e. The third-order valence-corrected chi connectivity index (χ3v) is 2.66. The van der Waals surface area contributed by atoms with Gasteiger partial charge in [0.1, 0.15) is 0 Å². The fraction of sp³-hybridized carbons (Fsp3) is 0. The summed E-state index contributed by atoms with van der Waals surface area (Å²) in [4.78, 5) is 28.0. The first-order valence-electron chi connectivity index (χ1n) is 4.11. The molecule has 0 spiro atoms. The Balaban J connectivity index is 2.85. The van der Waals surface area contributed by atoms with Crippen LogP contribution < -0.4 is 5.56 Å². The summed E-state index contributed by atoms with van der Waals surface area (Å²) < 4.78 is 0. The molecule has 7 heteroatoms. The number of benzene rings is 1. The summed E-state index contributed by atoms with van der Waals surface area (Å²) in [6, 6.07) is 2.81. The molecule has 2 N–H and O–H groups in total. The Morgan fingerprint density at radius 2 is 1.94 bits per heavy atom. The Labute approximate surface area is 98.6 Å². The molecule has 1 heterocycles. The minimum absolute atomic E-state index is 0.241. The molecule has 0 atom stereocenters. The van der Waals surface area contributed by atoms with E-state index in [0.29, 0.717) is 5.52 Å². The maximum Gasteiger partial charge on any atom is 0.360 e. The highest BCUT2D eigenvalue weighted by Gasteiger charge is 2.12. The summed E-state index contributed by atoms with van der Waals surface area (Å²) in [7, 11) is 0. The van der Waals surface area contributed by atoms with E-state index in [4.69, 9.17) is 28.3 Å². The number of hydrogen-bond acceptors (Lipinski definition) is 3. The molecule has 0 saturated heterocycles. The lowest BCUT2D eigenvalue weighted by Gasteiger charge is -2.01. The number of rotatable bonds is 1. The molecule has 1 aromatic carbocycles. The van der Waals surface area contributed by atoms with Crippen LogP contribution in [0, 0.1) is 0 Å². The molecule has 0 aliphatic heterocycles. The first kappa shape index (κ1) is 10.9. The predicted molar refractivity (Wildman–Crippen MR) is 59.3 cm³/mol. The Morgan fingerprint density at radius 1 is 1.31 bits per heavy atom. The van der Waals surface area contributed by atoms with Crippen LogP contribution in [0.15, 0.2) is 16.9 Å². The zero-order chi connectivity index (χ0) is 11.9. The molecule has 0 fully saturated rings. The summed E-state index contributed by atoms with van der Waals surface area (Å²) in [5.41, 5.74) is -0.750. The second-order valence-corrected chi connectivity index (χ2v) is 3.82. The molecule has 0 radical (unpaired) electrons. The van der Waals surface area contributed by atoms with E-state index in [2.05, 4.69) is 9.97 Å². The van der Waals surface area contributed by atoms with Crippen molar-refractivity contribution in [3.63, 3.8) is 0 Å². The van der Waals surface area contributed by atoms with Gasteiger partial charge in [-0.2, -0.15) is 0 Å². The highest BCUT2D eigenvalue weighted by Crippen LogP contribution is 2.25. The molecule has 82 valence electrons. The number of carboxylic acids is 1. The SMILES string of the molecule is O=C(O)c1nc2cc(Cl)c(Cl)cc2[nH]c1=O. The molecular weight excluding hydrogens is 255 g/mol. The molecule has 1 aromatic heterocycles. The van der Waals surface area contributed by atoms with Gasteiger partial charge in [0.15, 0.2) is 0 Å². The number of carboxylic acid groups (broad SMARTS) is 1. The van der Waals surface area contributed by atoms with E-state index in [1.165, 1.54) is 12.1 Å². The zero-order valence-electron chi connectivity index (χ0n) is 7.62. The Kier molecular flexibility index (Phi) is 2.57. The van der Waals surface area contributed by atoms with Crippen molar-refractivity contribution in [3.05, 3.63) is 38.2 Å². The Bertz CT molecular complexity index is 651. The van der Waals surface area contributed by atoms with Gasteiger partial charge in [-0.25, -0.2) is 9.78 Å². The molecule has 2 aromatic rings. The van der Waals surface area contributed by atoms with E-state index in [0.717, 1.165) is 0 Å². The predicted octanol–water partition coefficient (Wildman–Crippen LogP) is 1.93. The number of nitrogens with one attached hydrogen (secondary N) is 1. The highest BCUT2D eigenvalue weighted by molar-refractivity contribution is 6.42. The number of carbonyl (C=O) groups is 1. The fourth-order valence-electron chi connectivity index (χ4n) is 1.23. The summed E-state index contributed by atoms with van der Waals surface area (Å²) in [5, 5.41) is 9.21. The number of H-pyrrole nitrogens is 1. The molecule has 0 aliphatic rings. The van der Waals surface area contributed by atoms with Crippen LogP contribution >= 0.6 is 23.2 Å². The Hall–Kier alpha value is -1.59. The van der Waals surface area contributed by atoms with E-state index in [1.54, 1.807) is 0 Å². The van der Waals surface area contributed by atoms with Gasteiger partial charge in [-0.3, -0.25) is 4.79 Å². The third-order valence-electron chi connectivity index (χ3n) is 1.94. The molecule has 0 unspecified atom stereocenters. The minimum Gasteiger partial charge on any atom is -0.476 e. The average molecular weight is 259 g/mol. The molecule has 2 rings (SSSR count). The monoisotopic (exact) mass is 258 g/mol. The fourth-order valence-corrected chi connectivity index (χ4v) is 1.55. The van der Waals surface area contributed by atoms with Crippen molar-refractivity contribution in [2.24, 2.45) is 0 Å². The number of aromatic nitrogens is 2. The van der Waals surface area contributed by atoms with Crippen LogP contribution in [0.1, 0.15) is 10.5 Å². The number of aromatic amines is 1. The number of halogens is 2. The van der Waals surface area contributed by atoms with Crippen LogP contribution in [0.4, 0.5) is 0 Å². The summed E-state index contributed by atoms with van der Waals surface area (Å²) >= 11 is 11.5. The smallest absolute Gasteiger partial charge is 0.360 e. The zero-order valence-corrected chi connectivity index (χ0v) is 9.13. The number of fused-ring (bicyclic) bond motifs is 1. The minimum atomic E-state index is -1.39. The van der Waals surface area contributed by atoms with E-state index >= 15 is 0 Å². The van der Waals surface area contributed by atoms with Crippen molar-refractivity contribution < 1.29 is 9.90 Å². The second kappa shape index (κ2) is 3.77. The standard InChI is InChI=1S/C9H4Cl2N2O3/c10-3-1-5-6(2-4(3)11)13-8(14)7(12-5)9(15)16/h1-2H,(H,13,14)(H,15,16). The van der Waals surface area contributed by atoms with Gasteiger partial charge in [-0.15, -0.1) is 0 Å². The van der Waals surface area contributed by atoms with Crippen LogP contribution in [0.2, 0.25) is 10.0 Å². The lowest BCUT2D eigenvalue weighted by molar-refractivity contribution is 0.0689. The number of hydrogen-bond donors (Lipinski definition) is 2. The van der Waals surface area contributed by atoms with Crippen LogP contribution in [0.3, 0.4) is 0 Å². The van der Waals surface area contributed by atoms with Crippen LogP contribution in [-0.4, -0.2) is 21.0 Å². The number of aromatic carboxylic acids is 1. The van der Waals surface area contributed by atoms with Crippen LogP contribution in [0.25, 0.3) is 11.0 Å². The molecule has 0 amide bonds. The normalized spacial score (nSPS) is 10.6. The van der Waals surface area contributed by atoms with E-state index in [1.807, 2.05) is 0 Å². The summed E-state index contributed by atoms with van der Waals surface area (Å²) in [6.07, 6.45) is 0. The molecular formula is C9H4Cl2N2O3. The lowest BCUT2D eigenvalue weighted by Crippen LogP contribution is -2.19. The van der Waals surface area contributed by atoms with Gasteiger partial charge in [0.2, 0.25) is 5.69 Å². The van der Waals surface area contributed by atoms with Crippen molar-refractivity contribution in [2.45, 2.75) is 0 Å². The first-order valence-corrected chi connectivity index (χ1v) is 4.87. The average Bonchev–Trinajstić information content (AvgIpc) is 2.19. The van der Waals surface area contributed by atoms with Crippen molar-refractivity contribution in [1.82, 2.24) is 9.97 Å². The van der Waals surface area contributed by atoms with Crippen molar-refractivity contribution in [2.75, 3.05) is 0 Å². The molecule has 5 nitrogen and oxygen atoms in total. The van der Waals surface area contributed by atoms with Gasteiger partial charge >= 0.3 is 5.97 Å². The van der Waals surface area contributed by atoms with Crippen molar-refractivity contribution in [1.29, 1.82) is 0 Å². The first-order chi connectivity index (χ1) is 7.49. The summed E-state index contributed by atoms with van der Waals surface area (Å²) in [5.74, 6) is -1.39. The van der Waals surface area contributed by atoms with Crippen LogP contribution in [0.5, 0.6) is 0 Å². The van der Waals surface area contributed by atoms with E-state index < -0.39 is 17.2 Å². The quantitative estimate of drug-likeness (QED) is 0.819. The van der Waals surface area contributed by atoms with Crippen molar-refractivity contribution in [3.8, 4) is 0 Å². The maximum absolute atomic E-state index is 11.3. The number of nitrogens with zero attached hydrogens (tertiary/aromatic N) is 1. The summed E-state index contributed by atoms with van der Waals surface area (Å²) in [6.45, 7) is 0. The highest BCUT2D eigenvalue weighted by atomic mass is 35.5. The molecule has 16 heavy (non-hydrogen) atoms. The lowest BCUT2D eigenvalue weighted by atomic mass is 10.3. The second-order valence-electron chi connectivity index (χ2n) is 3.00. The molecule has 0 aliphatic carbocycles. The van der Waals surface area contributed by atoms with Gasteiger partial charge in [0.25, 0.3) is 5.56 Å². The van der Waals surface area contributed by atoms with Gasteiger partial charge in [0, 0.05) is 0 Å². The van der Waals surface area contributed by atoms with Gasteiger partial charge in [0.05, 0.1) is 21.1 Å². The van der Waals surface area contributed by atoms with Crippen LogP contribution in [-0.2, 0) is 0 Å². The molecule has 0 saturated carbocycles. The van der Waals surface area contributed by atoms with E-state index in [9.17, 15) is 9.59 Å². The third kappa shape index (κ3) is 1.75.